The maximum atomic E-state index is 12.3. The minimum absolute atomic E-state index is 0.0436. The number of hydrogen-bond acceptors (Lipinski definition) is 7. The van der Waals surface area contributed by atoms with Crippen LogP contribution < -0.4 is 5.43 Å². The van der Waals surface area contributed by atoms with Gasteiger partial charge in [0, 0.05) is 19.2 Å². The van der Waals surface area contributed by atoms with Gasteiger partial charge < -0.3 is 19.0 Å². The van der Waals surface area contributed by atoms with Gasteiger partial charge in [0.1, 0.15) is 5.76 Å². The van der Waals surface area contributed by atoms with Gasteiger partial charge in [-0.15, -0.1) is 0 Å². The summed E-state index contributed by atoms with van der Waals surface area (Å²) in [4.78, 5) is 26.4. The van der Waals surface area contributed by atoms with Crippen molar-refractivity contribution in [1.29, 1.82) is 0 Å². The van der Waals surface area contributed by atoms with E-state index < -0.39 is 23.1 Å². The number of carbonyl (C=O) groups excluding carboxylic acids is 1. The van der Waals surface area contributed by atoms with E-state index in [2.05, 4.69) is 4.90 Å². The van der Waals surface area contributed by atoms with Gasteiger partial charge >= 0.3 is 5.97 Å². The molecular formula is C20H23NO6. The lowest BCUT2D eigenvalue weighted by Crippen LogP contribution is -2.35. The molecule has 7 nitrogen and oxygen atoms in total. The number of morpholine rings is 1. The van der Waals surface area contributed by atoms with Crippen molar-refractivity contribution in [3.8, 4) is 5.75 Å². The number of methoxy groups -OCH3 is 1. The maximum absolute atomic E-state index is 12.3. The monoisotopic (exact) mass is 373 g/mol. The molecule has 2 heterocycles. The van der Waals surface area contributed by atoms with Gasteiger partial charge in [0.2, 0.25) is 11.2 Å². The highest BCUT2D eigenvalue weighted by Crippen LogP contribution is 2.33. The van der Waals surface area contributed by atoms with Crippen LogP contribution in [0.15, 0.2) is 45.6 Å². The molecule has 1 aromatic heterocycles. The Morgan fingerprint density at radius 1 is 1.26 bits per heavy atom. The van der Waals surface area contributed by atoms with Crippen LogP contribution in [0.3, 0.4) is 0 Å². The molecule has 0 bridgehead atoms. The van der Waals surface area contributed by atoms with E-state index in [9.17, 15) is 14.7 Å². The Balaban J connectivity index is 1.97. The molecule has 1 atom stereocenters. The Morgan fingerprint density at radius 2 is 1.96 bits per heavy atom. The Labute approximate surface area is 157 Å². The second kappa shape index (κ2) is 8.83. The van der Waals surface area contributed by atoms with E-state index in [1.807, 2.05) is 30.3 Å². The van der Waals surface area contributed by atoms with Gasteiger partial charge in [0.15, 0.2) is 5.76 Å². The van der Waals surface area contributed by atoms with Crippen molar-refractivity contribution in [2.24, 2.45) is 0 Å². The summed E-state index contributed by atoms with van der Waals surface area (Å²) in [6, 6.07) is 10.4. The first-order chi connectivity index (χ1) is 13.1. The van der Waals surface area contributed by atoms with Crippen molar-refractivity contribution in [2.75, 3.05) is 33.4 Å². The fourth-order valence-electron chi connectivity index (χ4n) is 3.15. The number of benzene rings is 1. The minimum atomic E-state index is -0.615. The van der Waals surface area contributed by atoms with Gasteiger partial charge in [-0.05, 0) is 5.56 Å². The van der Waals surface area contributed by atoms with Gasteiger partial charge in [-0.2, -0.15) is 0 Å². The Morgan fingerprint density at radius 3 is 2.63 bits per heavy atom. The van der Waals surface area contributed by atoms with Gasteiger partial charge in [0.25, 0.3) is 0 Å². The van der Waals surface area contributed by atoms with E-state index in [0.717, 1.165) is 18.7 Å². The number of ether oxygens (including phenoxy) is 2. The molecule has 1 fully saturated rings. The lowest BCUT2D eigenvalue weighted by atomic mass is 9.92. The molecule has 144 valence electrons. The zero-order valence-electron chi connectivity index (χ0n) is 15.2. The summed E-state index contributed by atoms with van der Waals surface area (Å²) in [5.41, 5.74) is 0.232. The molecule has 7 heteroatoms. The second-order valence-electron chi connectivity index (χ2n) is 6.42. The summed E-state index contributed by atoms with van der Waals surface area (Å²) >= 11 is 0. The third kappa shape index (κ3) is 4.75. The Hall–Kier alpha value is -2.64. The molecule has 1 aliphatic heterocycles. The van der Waals surface area contributed by atoms with Crippen LogP contribution in [0.5, 0.6) is 5.75 Å². The summed E-state index contributed by atoms with van der Waals surface area (Å²) in [7, 11) is 1.30. The van der Waals surface area contributed by atoms with Crippen LogP contribution in [0.1, 0.15) is 29.4 Å². The van der Waals surface area contributed by atoms with E-state index in [1.54, 1.807) is 0 Å². The quantitative estimate of drug-likeness (QED) is 0.773. The molecule has 1 aromatic carbocycles. The van der Waals surface area contributed by atoms with Gasteiger partial charge in [-0.3, -0.25) is 14.5 Å². The number of esters is 1. The number of hydrogen-bond donors (Lipinski definition) is 1. The van der Waals surface area contributed by atoms with Crippen LogP contribution in [-0.4, -0.2) is 49.4 Å². The average Bonchev–Trinajstić information content (AvgIpc) is 2.70. The average molecular weight is 373 g/mol. The van der Waals surface area contributed by atoms with E-state index in [-0.39, 0.29) is 12.2 Å². The first-order valence-electron chi connectivity index (χ1n) is 8.86. The van der Waals surface area contributed by atoms with Gasteiger partial charge in [-0.1, -0.05) is 30.3 Å². The highest BCUT2D eigenvalue weighted by Gasteiger charge is 2.26. The predicted octanol–water partition coefficient (Wildman–Crippen LogP) is 1.87. The van der Waals surface area contributed by atoms with Crippen LogP contribution in [0.25, 0.3) is 0 Å². The fourth-order valence-corrected chi connectivity index (χ4v) is 3.15. The summed E-state index contributed by atoms with van der Waals surface area (Å²) in [5.74, 6) is -1.01. The fraction of sp³-hybridized carbons (Fsp3) is 0.400. The number of aromatic hydroxyl groups is 1. The molecule has 2 aromatic rings. The summed E-state index contributed by atoms with van der Waals surface area (Å²) < 4.78 is 16.0. The van der Waals surface area contributed by atoms with Gasteiger partial charge in [0.05, 0.1) is 39.2 Å². The molecule has 0 amide bonds. The highest BCUT2D eigenvalue weighted by atomic mass is 16.5. The standard InChI is InChI=1S/C20H23NO6/c1-25-18(23)12-16(14-5-3-2-4-6-14)20-19(24)17(22)11-15(27-20)13-21-7-9-26-10-8-21/h2-6,11,16,24H,7-10,12-13H2,1H3/t16-/m0/s1. The predicted molar refractivity (Wildman–Crippen MR) is 97.7 cm³/mol. The largest absolute Gasteiger partial charge is 0.502 e. The first kappa shape index (κ1) is 19.1. The molecule has 0 saturated carbocycles. The molecule has 0 spiro atoms. The van der Waals surface area contributed by atoms with E-state index >= 15 is 0 Å². The van der Waals surface area contributed by atoms with E-state index in [1.165, 1.54) is 13.2 Å². The van der Waals surface area contributed by atoms with Crippen molar-refractivity contribution < 1.29 is 23.8 Å². The molecule has 1 saturated heterocycles. The number of nitrogens with zero attached hydrogens (tertiary/aromatic N) is 1. The van der Waals surface area contributed by atoms with Crippen LogP contribution in [0.2, 0.25) is 0 Å². The van der Waals surface area contributed by atoms with E-state index in [0.29, 0.717) is 25.5 Å². The summed E-state index contributed by atoms with van der Waals surface area (Å²) in [6.07, 6.45) is -0.0436. The molecule has 3 rings (SSSR count). The third-order valence-electron chi connectivity index (χ3n) is 4.60. The van der Waals surface area contributed by atoms with Crippen molar-refractivity contribution in [3.05, 3.63) is 63.7 Å². The maximum Gasteiger partial charge on any atom is 0.306 e. The van der Waals surface area contributed by atoms with Gasteiger partial charge in [-0.25, -0.2) is 0 Å². The molecule has 0 aliphatic carbocycles. The van der Waals surface area contributed by atoms with Crippen molar-refractivity contribution >= 4 is 5.97 Å². The summed E-state index contributed by atoms with van der Waals surface area (Å²) in [5, 5.41) is 10.4. The minimum Gasteiger partial charge on any atom is -0.502 e. The van der Waals surface area contributed by atoms with Crippen LogP contribution in [0.4, 0.5) is 0 Å². The summed E-state index contributed by atoms with van der Waals surface area (Å²) in [6.45, 7) is 3.17. The molecule has 27 heavy (non-hydrogen) atoms. The van der Waals surface area contributed by atoms with Crippen LogP contribution in [0, 0.1) is 0 Å². The Bertz CT molecular complexity index is 826. The zero-order valence-corrected chi connectivity index (χ0v) is 15.2. The molecule has 1 N–H and O–H groups in total. The Kier molecular flexibility index (Phi) is 6.26. The normalized spacial score (nSPS) is 16.0. The first-order valence-corrected chi connectivity index (χ1v) is 8.86. The van der Waals surface area contributed by atoms with Crippen molar-refractivity contribution in [1.82, 2.24) is 4.90 Å². The topological polar surface area (TPSA) is 89.2 Å². The molecular weight excluding hydrogens is 350 g/mol. The van der Waals surface area contributed by atoms with E-state index in [4.69, 9.17) is 13.9 Å². The smallest absolute Gasteiger partial charge is 0.306 e. The number of rotatable bonds is 6. The van der Waals surface area contributed by atoms with Crippen LogP contribution in [-0.2, 0) is 20.8 Å². The second-order valence-corrected chi connectivity index (χ2v) is 6.42. The SMILES string of the molecule is COC(=O)C[C@@H](c1ccccc1)c1oc(CN2CCOCC2)cc(=O)c1O. The molecule has 0 radical (unpaired) electrons. The van der Waals surface area contributed by atoms with Crippen LogP contribution >= 0.6 is 0 Å². The zero-order chi connectivity index (χ0) is 19.2. The lowest BCUT2D eigenvalue weighted by molar-refractivity contribution is -0.140. The third-order valence-corrected chi connectivity index (χ3v) is 4.60. The number of carbonyl (C=O) groups is 1. The lowest BCUT2D eigenvalue weighted by Gasteiger charge is -2.26. The van der Waals surface area contributed by atoms with Crippen molar-refractivity contribution in [2.45, 2.75) is 18.9 Å². The molecule has 1 aliphatic rings. The van der Waals surface area contributed by atoms with Crippen molar-refractivity contribution in [3.63, 3.8) is 0 Å². The molecule has 0 unspecified atom stereocenters. The highest BCUT2D eigenvalue weighted by molar-refractivity contribution is 5.71.